The molecule has 27 heavy (non-hydrogen) atoms. The lowest BCUT2D eigenvalue weighted by atomic mass is 9.90. The van der Waals surface area contributed by atoms with Crippen LogP contribution in [-0.2, 0) is 4.79 Å². The zero-order chi connectivity index (χ0) is 19.3. The molecule has 1 aromatic carbocycles. The zero-order valence-corrected chi connectivity index (χ0v) is 17.0. The summed E-state index contributed by atoms with van der Waals surface area (Å²) in [6, 6.07) is 8.63. The molecule has 0 radical (unpaired) electrons. The van der Waals surface area contributed by atoms with E-state index in [0.717, 1.165) is 44.8 Å². The monoisotopic (exact) mass is 375 g/mol. The van der Waals surface area contributed by atoms with Crippen LogP contribution in [-0.4, -0.2) is 42.2 Å². The highest BCUT2D eigenvalue weighted by Crippen LogP contribution is 2.28. The molecule has 0 bridgehead atoms. The molecule has 4 heteroatoms. The van der Waals surface area contributed by atoms with E-state index in [4.69, 9.17) is 9.84 Å². The van der Waals surface area contributed by atoms with Gasteiger partial charge in [-0.3, -0.25) is 4.79 Å². The number of carboxylic acids is 1. The lowest BCUT2D eigenvalue weighted by Gasteiger charge is -2.33. The molecule has 1 aliphatic rings. The second-order valence-corrected chi connectivity index (χ2v) is 7.82. The van der Waals surface area contributed by atoms with Crippen LogP contribution in [0.4, 0.5) is 0 Å². The minimum atomic E-state index is -0.694. The summed E-state index contributed by atoms with van der Waals surface area (Å²) in [7, 11) is 0. The summed E-state index contributed by atoms with van der Waals surface area (Å²) >= 11 is 0. The Hall–Kier alpha value is -1.55. The quantitative estimate of drug-likeness (QED) is 0.464. The normalized spacial score (nSPS) is 17.7. The van der Waals surface area contributed by atoms with Crippen LogP contribution in [0.1, 0.15) is 82.6 Å². The number of nitrogens with zero attached hydrogens (tertiary/aromatic N) is 1. The van der Waals surface area contributed by atoms with Gasteiger partial charge in [0.15, 0.2) is 0 Å². The van der Waals surface area contributed by atoms with Gasteiger partial charge in [0, 0.05) is 13.0 Å². The highest BCUT2D eigenvalue weighted by molar-refractivity contribution is 5.66. The molecule has 0 aliphatic carbocycles. The maximum atomic E-state index is 10.7. The summed E-state index contributed by atoms with van der Waals surface area (Å²) in [6.07, 6.45) is 11.1. The Kier molecular flexibility index (Phi) is 10.3. The van der Waals surface area contributed by atoms with Gasteiger partial charge in [-0.05, 0) is 62.4 Å². The van der Waals surface area contributed by atoms with Crippen molar-refractivity contribution < 1.29 is 14.6 Å². The van der Waals surface area contributed by atoms with Crippen LogP contribution in [0, 0.1) is 0 Å². The number of piperidine rings is 1. The van der Waals surface area contributed by atoms with Gasteiger partial charge >= 0.3 is 5.97 Å². The molecule has 0 amide bonds. The molecule has 2 rings (SSSR count). The fourth-order valence-electron chi connectivity index (χ4n) is 3.89. The summed E-state index contributed by atoms with van der Waals surface area (Å²) in [5.74, 6) is 0.831. The van der Waals surface area contributed by atoms with E-state index in [9.17, 15) is 4.79 Å². The lowest BCUT2D eigenvalue weighted by Crippen LogP contribution is -2.35. The molecular formula is C23H37NO3. The standard InChI is InChI=1S/C23H37NO3/c1-2-3-4-5-6-7-18-27-22-14-12-20(13-15-22)21-10-8-16-24(19-21)17-9-11-23(25)26/h12-15,21H,2-11,16-19H2,1H3,(H,25,26). The Morgan fingerprint density at radius 1 is 1.11 bits per heavy atom. The van der Waals surface area contributed by atoms with Gasteiger partial charge in [0.2, 0.25) is 0 Å². The van der Waals surface area contributed by atoms with Gasteiger partial charge in [-0.1, -0.05) is 51.2 Å². The maximum absolute atomic E-state index is 10.7. The van der Waals surface area contributed by atoms with E-state index < -0.39 is 5.97 Å². The molecule has 1 aliphatic heterocycles. The van der Waals surface area contributed by atoms with Crippen LogP contribution in [0.25, 0.3) is 0 Å². The van der Waals surface area contributed by atoms with E-state index in [1.807, 2.05) is 0 Å². The van der Waals surface area contributed by atoms with Gasteiger partial charge in [0.25, 0.3) is 0 Å². The number of carbonyl (C=O) groups is 1. The minimum absolute atomic E-state index is 0.270. The van der Waals surface area contributed by atoms with E-state index in [2.05, 4.69) is 36.1 Å². The van der Waals surface area contributed by atoms with Crippen molar-refractivity contribution in [3.8, 4) is 5.75 Å². The number of carboxylic acid groups (broad SMARTS) is 1. The van der Waals surface area contributed by atoms with Gasteiger partial charge in [0.1, 0.15) is 5.75 Å². The first-order valence-electron chi connectivity index (χ1n) is 10.9. The average Bonchev–Trinajstić information content (AvgIpc) is 2.68. The van der Waals surface area contributed by atoms with Crippen molar-refractivity contribution in [2.75, 3.05) is 26.2 Å². The first-order valence-corrected chi connectivity index (χ1v) is 10.9. The Bertz CT molecular complexity index is 529. The van der Waals surface area contributed by atoms with Crippen molar-refractivity contribution in [3.05, 3.63) is 29.8 Å². The van der Waals surface area contributed by atoms with E-state index in [1.165, 1.54) is 50.5 Å². The molecule has 0 spiro atoms. The number of hydrogen-bond donors (Lipinski definition) is 1. The summed E-state index contributed by atoms with van der Waals surface area (Å²) in [4.78, 5) is 13.1. The van der Waals surface area contributed by atoms with E-state index in [1.54, 1.807) is 0 Å². The van der Waals surface area contributed by atoms with Crippen molar-refractivity contribution in [1.82, 2.24) is 4.90 Å². The molecular weight excluding hydrogens is 338 g/mol. The zero-order valence-electron chi connectivity index (χ0n) is 17.0. The number of unbranched alkanes of at least 4 members (excludes halogenated alkanes) is 5. The fraction of sp³-hybridized carbons (Fsp3) is 0.696. The first-order chi connectivity index (χ1) is 13.2. The van der Waals surface area contributed by atoms with Gasteiger partial charge in [-0.25, -0.2) is 0 Å². The largest absolute Gasteiger partial charge is 0.494 e. The number of rotatable bonds is 13. The lowest BCUT2D eigenvalue weighted by molar-refractivity contribution is -0.137. The predicted octanol–water partition coefficient (Wildman–Crippen LogP) is 5.47. The number of benzene rings is 1. The van der Waals surface area contributed by atoms with Crippen LogP contribution >= 0.6 is 0 Å². The average molecular weight is 376 g/mol. The van der Waals surface area contributed by atoms with Crippen LogP contribution in [0.5, 0.6) is 5.75 Å². The topological polar surface area (TPSA) is 49.8 Å². The second kappa shape index (κ2) is 12.8. The first kappa shape index (κ1) is 21.7. The summed E-state index contributed by atoms with van der Waals surface area (Å²) in [5, 5.41) is 8.79. The maximum Gasteiger partial charge on any atom is 0.303 e. The predicted molar refractivity (Wildman–Crippen MR) is 111 cm³/mol. The van der Waals surface area contributed by atoms with E-state index in [-0.39, 0.29) is 6.42 Å². The summed E-state index contributed by atoms with van der Waals surface area (Å²) < 4.78 is 5.89. The van der Waals surface area contributed by atoms with Crippen molar-refractivity contribution in [1.29, 1.82) is 0 Å². The Morgan fingerprint density at radius 3 is 2.59 bits per heavy atom. The molecule has 1 unspecified atom stereocenters. The van der Waals surface area contributed by atoms with Gasteiger partial charge in [0.05, 0.1) is 6.61 Å². The molecule has 1 N–H and O–H groups in total. The number of ether oxygens (including phenoxy) is 1. The van der Waals surface area contributed by atoms with Gasteiger partial charge in [-0.15, -0.1) is 0 Å². The van der Waals surface area contributed by atoms with Crippen LogP contribution in [0.15, 0.2) is 24.3 Å². The van der Waals surface area contributed by atoms with E-state index in [0.29, 0.717) is 5.92 Å². The molecule has 1 atom stereocenters. The van der Waals surface area contributed by atoms with Crippen molar-refractivity contribution in [2.45, 2.75) is 77.0 Å². The van der Waals surface area contributed by atoms with Crippen LogP contribution in [0.3, 0.4) is 0 Å². The highest BCUT2D eigenvalue weighted by Gasteiger charge is 2.21. The highest BCUT2D eigenvalue weighted by atomic mass is 16.5. The molecule has 1 aromatic rings. The van der Waals surface area contributed by atoms with Gasteiger partial charge < -0.3 is 14.7 Å². The van der Waals surface area contributed by atoms with E-state index >= 15 is 0 Å². The number of aliphatic carboxylic acids is 1. The van der Waals surface area contributed by atoms with Crippen LogP contribution < -0.4 is 4.74 Å². The molecule has 4 nitrogen and oxygen atoms in total. The molecule has 0 saturated carbocycles. The molecule has 152 valence electrons. The third-order valence-corrected chi connectivity index (χ3v) is 5.49. The third kappa shape index (κ3) is 8.79. The molecule has 1 saturated heterocycles. The number of likely N-dealkylation sites (tertiary alicyclic amines) is 1. The van der Waals surface area contributed by atoms with Crippen molar-refractivity contribution in [2.24, 2.45) is 0 Å². The second-order valence-electron chi connectivity index (χ2n) is 7.82. The summed E-state index contributed by atoms with van der Waals surface area (Å²) in [6.45, 7) is 6.08. The SMILES string of the molecule is CCCCCCCCOc1ccc(C2CCCN(CCCC(=O)O)C2)cc1. The minimum Gasteiger partial charge on any atom is -0.494 e. The van der Waals surface area contributed by atoms with Crippen molar-refractivity contribution >= 4 is 5.97 Å². The van der Waals surface area contributed by atoms with Crippen molar-refractivity contribution in [3.63, 3.8) is 0 Å². The fourth-order valence-corrected chi connectivity index (χ4v) is 3.89. The number of hydrogen-bond acceptors (Lipinski definition) is 3. The Morgan fingerprint density at radius 2 is 1.85 bits per heavy atom. The van der Waals surface area contributed by atoms with Crippen LogP contribution in [0.2, 0.25) is 0 Å². The molecule has 0 aromatic heterocycles. The Labute approximate surface area is 164 Å². The smallest absolute Gasteiger partial charge is 0.303 e. The Balaban J connectivity index is 1.68. The molecule has 1 fully saturated rings. The summed E-state index contributed by atoms with van der Waals surface area (Å²) in [5.41, 5.74) is 1.38. The van der Waals surface area contributed by atoms with Gasteiger partial charge in [-0.2, -0.15) is 0 Å². The molecule has 1 heterocycles. The third-order valence-electron chi connectivity index (χ3n) is 5.49.